The van der Waals surface area contributed by atoms with Crippen LogP contribution in [0.1, 0.15) is 17.9 Å². The number of aromatic amines is 1. The minimum atomic E-state index is -2.88. The molecule has 0 saturated heterocycles. The Balaban J connectivity index is 1.36. The Bertz CT molecular complexity index is 1340. The van der Waals surface area contributed by atoms with Crippen LogP contribution in [0.15, 0.2) is 53.2 Å². The van der Waals surface area contributed by atoms with Crippen molar-refractivity contribution in [2.24, 2.45) is 0 Å². The van der Waals surface area contributed by atoms with Crippen molar-refractivity contribution in [2.75, 3.05) is 0 Å². The first kappa shape index (κ1) is 18.0. The van der Waals surface area contributed by atoms with Gasteiger partial charge in [0.1, 0.15) is 11.5 Å². The Hall–Kier alpha value is -4.02. The van der Waals surface area contributed by atoms with E-state index in [0.717, 1.165) is 22.5 Å². The molecule has 0 unspecified atom stereocenters. The second-order valence-corrected chi connectivity index (χ2v) is 6.53. The van der Waals surface area contributed by atoms with Crippen LogP contribution in [-0.2, 0) is 6.54 Å². The van der Waals surface area contributed by atoms with Crippen LogP contribution in [0.2, 0.25) is 0 Å². The van der Waals surface area contributed by atoms with Gasteiger partial charge in [0.05, 0.1) is 24.5 Å². The molecule has 5 rings (SSSR count). The van der Waals surface area contributed by atoms with Crippen molar-refractivity contribution < 1.29 is 17.6 Å². The number of fused-ring (bicyclic) bond motifs is 1. The maximum absolute atomic E-state index is 14.5. The van der Waals surface area contributed by atoms with E-state index in [1.165, 1.54) is 16.8 Å². The molecule has 0 saturated carbocycles. The lowest BCUT2D eigenvalue weighted by molar-refractivity contribution is 0.116. The third-order valence-electron chi connectivity index (χ3n) is 4.54. The quantitative estimate of drug-likeness (QED) is 0.470. The highest BCUT2D eigenvalue weighted by atomic mass is 19.3. The van der Waals surface area contributed by atoms with Crippen molar-refractivity contribution in [2.45, 2.75) is 13.0 Å². The van der Waals surface area contributed by atoms with Crippen molar-refractivity contribution >= 4 is 10.9 Å². The van der Waals surface area contributed by atoms with Gasteiger partial charge in [0.15, 0.2) is 0 Å². The third kappa shape index (κ3) is 3.30. The van der Waals surface area contributed by atoms with Crippen molar-refractivity contribution in [3.05, 3.63) is 66.1 Å². The Morgan fingerprint density at radius 2 is 1.90 bits per heavy atom. The van der Waals surface area contributed by atoms with Crippen molar-refractivity contribution in [1.82, 2.24) is 35.4 Å². The molecule has 1 N–H and O–H groups in total. The summed E-state index contributed by atoms with van der Waals surface area (Å²) in [7, 11) is 0. The average Bonchev–Trinajstić information content (AvgIpc) is 3.49. The number of rotatable bonds is 5. The zero-order chi connectivity index (χ0) is 20.7. The lowest BCUT2D eigenvalue weighted by atomic mass is 10.1. The van der Waals surface area contributed by atoms with Gasteiger partial charge in [-0.15, -0.1) is 15.3 Å². The Kier molecular flexibility index (Phi) is 4.27. The van der Waals surface area contributed by atoms with Gasteiger partial charge in [0.25, 0.3) is 5.89 Å². The maximum Gasteiger partial charge on any atom is 0.314 e. The molecule has 5 aromatic rings. The predicted molar refractivity (Wildman–Crippen MR) is 98.9 cm³/mol. The molecule has 0 aliphatic heterocycles. The smallest absolute Gasteiger partial charge is 0.314 e. The zero-order valence-corrected chi connectivity index (χ0v) is 15.1. The number of aromatic nitrogens is 7. The van der Waals surface area contributed by atoms with E-state index in [1.54, 1.807) is 12.4 Å². The molecule has 0 aliphatic rings. The molecule has 0 fully saturated rings. The first-order valence-corrected chi connectivity index (χ1v) is 8.81. The predicted octanol–water partition coefficient (Wildman–Crippen LogP) is 4.00. The SMILES string of the molecule is Fc1cc(-c2nnc(C(F)F)o2)ccc1Cn1cc(-c2ccc3cn[nH]c3c2)nn1. The van der Waals surface area contributed by atoms with Gasteiger partial charge in [-0.3, -0.25) is 5.10 Å². The molecule has 0 radical (unpaired) electrons. The van der Waals surface area contributed by atoms with Crippen LogP contribution in [0.25, 0.3) is 33.6 Å². The van der Waals surface area contributed by atoms with E-state index >= 15 is 0 Å². The number of halogens is 3. The summed E-state index contributed by atoms with van der Waals surface area (Å²) < 4.78 is 46.1. The summed E-state index contributed by atoms with van der Waals surface area (Å²) in [5.41, 5.74) is 2.91. The number of hydrogen-bond donors (Lipinski definition) is 1. The summed E-state index contributed by atoms with van der Waals surface area (Å²) in [6.07, 6.45) is 0.550. The van der Waals surface area contributed by atoms with Crippen LogP contribution in [-0.4, -0.2) is 35.4 Å². The third-order valence-corrected chi connectivity index (χ3v) is 4.54. The minimum absolute atomic E-state index is 0.136. The van der Waals surface area contributed by atoms with Gasteiger partial charge in [0, 0.05) is 22.1 Å². The number of nitrogens with one attached hydrogen (secondary N) is 1. The van der Waals surface area contributed by atoms with Crippen molar-refractivity contribution in [3.8, 4) is 22.7 Å². The van der Waals surface area contributed by atoms with Crippen LogP contribution in [0.4, 0.5) is 13.2 Å². The number of hydrogen-bond acceptors (Lipinski definition) is 6. The average molecular weight is 411 g/mol. The van der Waals surface area contributed by atoms with E-state index in [2.05, 4.69) is 30.7 Å². The number of H-pyrrole nitrogens is 1. The minimum Gasteiger partial charge on any atom is -0.415 e. The van der Waals surface area contributed by atoms with Gasteiger partial charge in [-0.05, 0) is 18.2 Å². The first-order valence-electron chi connectivity index (χ1n) is 8.81. The molecule has 3 heterocycles. The van der Waals surface area contributed by atoms with E-state index in [1.807, 2.05) is 18.2 Å². The summed E-state index contributed by atoms with van der Waals surface area (Å²) in [5.74, 6) is -1.54. The van der Waals surface area contributed by atoms with Crippen molar-refractivity contribution in [1.29, 1.82) is 0 Å². The molecule has 8 nitrogen and oxygen atoms in total. The van der Waals surface area contributed by atoms with Crippen LogP contribution < -0.4 is 0 Å². The molecule has 0 aliphatic carbocycles. The van der Waals surface area contributed by atoms with Crippen LogP contribution >= 0.6 is 0 Å². The molecule has 11 heteroatoms. The lowest BCUT2D eigenvalue weighted by Crippen LogP contribution is -2.03. The summed E-state index contributed by atoms with van der Waals surface area (Å²) in [6.45, 7) is 0.136. The molecule has 150 valence electrons. The second kappa shape index (κ2) is 7.10. The molecular formula is C19H12F3N7O. The highest BCUT2D eigenvalue weighted by Crippen LogP contribution is 2.25. The maximum atomic E-state index is 14.5. The summed E-state index contributed by atoms with van der Waals surface area (Å²) in [6, 6.07) is 9.91. The normalized spacial score (nSPS) is 11.6. The molecule has 30 heavy (non-hydrogen) atoms. The summed E-state index contributed by atoms with van der Waals surface area (Å²) >= 11 is 0. The van der Waals surface area contributed by atoms with E-state index in [9.17, 15) is 13.2 Å². The zero-order valence-electron chi connectivity index (χ0n) is 15.1. The fraction of sp³-hybridized carbons (Fsp3) is 0.105. The van der Waals surface area contributed by atoms with Crippen LogP contribution in [0.3, 0.4) is 0 Å². The largest absolute Gasteiger partial charge is 0.415 e. The van der Waals surface area contributed by atoms with E-state index in [-0.39, 0.29) is 18.0 Å². The van der Waals surface area contributed by atoms with E-state index in [4.69, 9.17) is 4.42 Å². The topological polar surface area (TPSA) is 98.3 Å². The van der Waals surface area contributed by atoms with Gasteiger partial charge in [-0.25, -0.2) is 9.07 Å². The summed E-state index contributed by atoms with van der Waals surface area (Å²) in [5, 5.41) is 22.8. The van der Waals surface area contributed by atoms with Gasteiger partial charge in [-0.1, -0.05) is 23.4 Å². The van der Waals surface area contributed by atoms with E-state index < -0.39 is 18.1 Å². The Morgan fingerprint density at radius 3 is 2.70 bits per heavy atom. The standard InChI is InChI=1S/C19H12F3N7O/c20-14-5-11(18-26-27-19(30-18)17(21)22)2-4-13(14)8-29-9-16(25-28-29)10-1-3-12-7-23-24-15(12)6-10/h1-7,9,17H,8H2,(H,23,24). The lowest BCUT2D eigenvalue weighted by Gasteiger charge is -2.04. The summed E-state index contributed by atoms with van der Waals surface area (Å²) in [4.78, 5) is 0. The van der Waals surface area contributed by atoms with Crippen molar-refractivity contribution in [3.63, 3.8) is 0 Å². The Labute approximate surface area is 166 Å². The molecule has 3 aromatic heterocycles. The fourth-order valence-corrected chi connectivity index (χ4v) is 3.03. The second-order valence-electron chi connectivity index (χ2n) is 6.53. The van der Waals surface area contributed by atoms with Crippen LogP contribution in [0.5, 0.6) is 0 Å². The molecule has 0 bridgehead atoms. The van der Waals surface area contributed by atoms with E-state index in [0.29, 0.717) is 11.3 Å². The van der Waals surface area contributed by atoms with Gasteiger partial charge in [0.2, 0.25) is 5.89 Å². The molecule has 2 aromatic carbocycles. The molecule has 0 spiro atoms. The number of benzene rings is 2. The number of nitrogens with zero attached hydrogens (tertiary/aromatic N) is 6. The Morgan fingerprint density at radius 1 is 1.03 bits per heavy atom. The monoisotopic (exact) mass is 411 g/mol. The molecule has 0 amide bonds. The first-order chi connectivity index (χ1) is 14.6. The fourth-order valence-electron chi connectivity index (χ4n) is 3.03. The van der Waals surface area contributed by atoms with Gasteiger partial charge < -0.3 is 4.42 Å². The highest BCUT2D eigenvalue weighted by molar-refractivity contribution is 5.82. The van der Waals surface area contributed by atoms with Gasteiger partial charge >= 0.3 is 6.43 Å². The molecular weight excluding hydrogens is 399 g/mol. The van der Waals surface area contributed by atoms with Crippen LogP contribution in [0, 0.1) is 5.82 Å². The highest BCUT2D eigenvalue weighted by Gasteiger charge is 2.18. The van der Waals surface area contributed by atoms with Gasteiger partial charge in [-0.2, -0.15) is 13.9 Å². The molecule has 0 atom stereocenters. The number of alkyl halides is 2.